The van der Waals surface area contributed by atoms with Gasteiger partial charge >= 0.3 is 11.9 Å². The summed E-state index contributed by atoms with van der Waals surface area (Å²) in [4.78, 5) is 36.2. The number of carbonyl (C=O) groups excluding carboxylic acids is 2. The predicted molar refractivity (Wildman–Crippen MR) is 211 cm³/mol. The predicted octanol–water partition coefficient (Wildman–Crippen LogP) is 10.8. The van der Waals surface area contributed by atoms with Gasteiger partial charge in [-0.05, 0) is 109 Å². The Labute approximate surface area is 305 Å². The zero-order valence-electron chi connectivity index (χ0n) is 31.7. The van der Waals surface area contributed by atoms with Crippen LogP contribution in [0, 0.1) is 0 Å². The number of unbranched alkanes of at least 4 members (excludes halogenated alkanes) is 10. The van der Waals surface area contributed by atoms with Gasteiger partial charge in [0.25, 0.3) is 0 Å². The lowest BCUT2D eigenvalue weighted by molar-refractivity contribution is -0.147. The number of esters is 1. The highest BCUT2D eigenvalue weighted by molar-refractivity contribution is 5.83. The molecule has 1 amide bonds. The van der Waals surface area contributed by atoms with Crippen LogP contribution in [0.15, 0.2) is 72.9 Å². The molecule has 0 aromatic carbocycles. The maximum atomic E-state index is 12.7. The Hall–Kier alpha value is -3.19. The molecule has 0 rings (SSSR count). The number of carbonyl (C=O) groups is 3. The molecular formula is C43H72N2O5. The minimum atomic E-state index is -1.02. The van der Waals surface area contributed by atoms with Crippen LogP contribution in [0.2, 0.25) is 0 Å². The monoisotopic (exact) mass is 697 g/mol. The van der Waals surface area contributed by atoms with Crippen LogP contribution in [-0.2, 0) is 19.1 Å². The van der Waals surface area contributed by atoms with Gasteiger partial charge in [-0.15, -0.1) is 0 Å². The quantitative estimate of drug-likeness (QED) is 0.0350. The van der Waals surface area contributed by atoms with Gasteiger partial charge < -0.3 is 20.9 Å². The van der Waals surface area contributed by atoms with E-state index >= 15 is 0 Å². The van der Waals surface area contributed by atoms with Gasteiger partial charge in [-0.1, -0.05) is 119 Å². The molecule has 0 spiro atoms. The molecule has 7 heteroatoms. The van der Waals surface area contributed by atoms with Crippen LogP contribution in [0.3, 0.4) is 0 Å². The Morgan fingerprint density at radius 2 is 1.16 bits per heavy atom. The highest BCUT2D eigenvalue weighted by atomic mass is 16.5. The summed E-state index contributed by atoms with van der Waals surface area (Å²) in [6, 6.07) is -0.879. The number of aliphatic carboxylic acids is 1. The van der Waals surface area contributed by atoms with Gasteiger partial charge in [0.2, 0.25) is 5.91 Å². The first kappa shape index (κ1) is 46.8. The number of allylic oxidation sites excluding steroid dienone is 11. The summed E-state index contributed by atoms with van der Waals surface area (Å²) in [5.41, 5.74) is 5.47. The van der Waals surface area contributed by atoms with Crippen molar-refractivity contribution in [1.82, 2.24) is 5.32 Å². The zero-order valence-corrected chi connectivity index (χ0v) is 31.7. The second-order valence-corrected chi connectivity index (χ2v) is 13.0. The lowest BCUT2D eigenvalue weighted by Crippen LogP contribution is -2.40. The fourth-order valence-electron chi connectivity index (χ4n) is 5.27. The van der Waals surface area contributed by atoms with E-state index in [2.05, 4.69) is 86.0 Å². The molecular weight excluding hydrogens is 624 g/mol. The Kier molecular flexibility index (Phi) is 34.7. The van der Waals surface area contributed by atoms with Gasteiger partial charge in [-0.25, -0.2) is 4.79 Å². The molecule has 2 atom stereocenters. The Morgan fingerprint density at radius 3 is 1.76 bits per heavy atom. The standard InChI is InChI=1S/C43H72N2O5/c1-3-5-7-9-11-13-14-15-16-17-18-19-20-21-23-25-31-37-42(47)50-39(33-28-24-22-12-10-8-6-4-2)34-29-26-27-30-36-41(46)45-40(43(48)49)35-32-38-44/h5,7,11-13,15-16,18-19,22,28,33,39-40H,3-4,6,8-10,14,17,20-21,23-27,29-32,34-38,44H2,1-2H3,(H,45,46)(H,48,49)/b7-5-,13-11-,16-15-,19-18-,22-12-,33-28-. The number of nitrogens with one attached hydrogen (secondary N) is 1. The second-order valence-electron chi connectivity index (χ2n) is 13.0. The van der Waals surface area contributed by atoms with E-state index in [1.165, 1.54) is 19.3 Å². The average Bonchev–Trinajstić information content (AvgIpc) is 3.10. The number of nitrogens with two attached hydrogens (primary N) is 1. The number of hydrogen-bond donors (Lipinski definition) is 3. The van der Waals surface area contributed by atoms with Crippen molar-refractivity contribution >= 4 is 17.8 Å². The SMILES string of the molecule is CC/C=C\C/C=C\C/C=C\C/C=C\CCCCCCC(=O)OC(/C=C\C/C=C\CCCCC)CCCCCCC(=O)NC(CCCN)C(=O)O. The molecule has 0 saturated carbocycles. The normalized spacial score (nSPS) is 13.5. The fraction of sp³-hybridized carbons (Fsp3) is 0.651. The molecule has 0 aliphatic rings. The largest absolute Gasteiger partial charge is 0.480 e. The first-order chi connectivity index (χ1) is 24.4. The minimum Gasteiger partial charge on any atom is -0.480 e. The smallest absolute Gasteiger partial charge is 0.326 e. The van der Waals surface area contributed by atoms with Crippen molar-refractivity contribution in [3.8, 4) is 0 Å². The minimum absolute atomic E-state index is 0.131. The van der Waals surface area contributed by atoms with Crippen LogP contribution in [0.1, 0.15) is 162 Å². The van der Waals surface area contributed by atoms with Crippen molar-refractivity contribution in [1.29, 1.82) is 0 Å². The van der Waals surface area contributed by atoms with Crippen molar-refractivity contribution in [2.75, 3.05) is 6.54 Å². The van der Waals surface area contributed by atoms with Crippen LogP contribution in [0.4, 0.5) is 0 Å². The molecule has 0 aromatic rings. The van der Waals surface area contributed by atoms with Crippen LogP contribution in [0.25, 0.3) is 0 Å². The molecule has 0 fully saturated rings. The van der Waals surface area contributed by atoms with Crippen molar-refractivity contribution in [2.45, 2.75) is 174 Å². The summed E-state index contributed by atoms with van der Waals surface area (Å²) < 4.78 is 5.88. The highest BCUT2D eigenvalue weighted by Gasteiger charge is 2.19. The summed E-state index contributed by atoms with van der Waals surface area (Å²) in [5, 5.41) is 11.9. The number of rotatable bonds is 34. The average molecular weight is 697 g/mol. The molecule has 0 aliphatic carbocycles. The maximum Gasteiger partial charge on any atom is 0.326 e. The van der Waals surface area contributed by atoms with E-state index in [9.17, 15) is 19.5 Å². The third-order valence-electron chi connectivity index (χ3n) is 8.24. The third kappa shape index (κ3) is 33.3. The first-order valence-corrected chi connectivity index (χ1v) is 19.8. The van der Waals surface area contributed by atoms with Gasteiger partial charge in [0.05, 0.1) is 0 Å². The second kappa shape index (κ2) is 37.1. The van der Waals surface area contributed by atoms with E-state index < -0.39 is 12.0 Å². The van der Waals surface area contributed by atoms with E-state index in [0.717, 1.165) is 96.3 Å². The number of carboxylic acid groups (broad SMARTS) is 1. The molecule has 0 heterocycles. The number of carboxylic acids is 1. The van der Waals surface area contributed by atoms with Crippen molar-refractivity contribution in [3.63, 3.8) is 0 Å². The van der Waals surface area contributed by atoms with Gasteiger partial charge in [-0.3, -0.25) is 9.59 Å². The molecule has 0 aliphatic heterocycles. The number of hydrogen-bond acceptors (Lipinski definition) is 5. The molecule has 50 heavy (non-hydrogen) atoms. The summed E-state index contributed by atoms with van der Waals surface area (Å²) in [5.74, 6) is -1.39. The molecule has 0 saturated heterocycles. The van der Waals surface area contributed by atoms with Crippen LogP contribution in [-0.4, -0.2) is 41.6 Å². The third-order valence-corrected chi connectivity index (χ3v) is 8.24. The lowest BCUT2D eigenvalue weighted by Gasteiger charge is -2.15. The Balaban J connectivity index is 4.39. The molecule has 2 unspecified atom stereocenters. The van der Waals surface area contributed by atoms with Crippen LogP contribution in [0.5, 0.6) is 0 Å². The number of ether oxygens (including phenoxy) is 1. The fourth-order valence-corrected chi connectivity index (χ4v) is 5.27. The Bertz CT molecular complexity index is 1010. The summed E-state index contributed by atoms with van der Waals surface area (Å²) in [6.07, 6.45) is 46.7. The molecule has 0 bridgehead atoms. The van der Waals surface area contributed by atoms with Crippen molar-refractivity contribution < 1.29 is 24.2 Å². The maximum absolute atomic E-state index is 12.7. The van der Waals surface area contributed by atoms with Crippen molar-refractivity contribution in [3.05, 3.63) is 72.9 Å². The van der Waals surface area contributed by atoms with Crippen LogP contribution < -0.4 is 11.1 Å². The topological polar surface area (TPSA) is 119 Å². The van der Waals surface area contributed by atoms with E-state index in [1.54, 1.807) is 0 Å². The van der Waals surface area contributed by atoms with Gasteiger partial charge in [0, 0.05) is 12.8 Å². The highest BCUT2D eigenvalue weighted by Crippen LogP contribution is 2.14. The van der Waals surface area contributed by atoms with E-state index in [4.69, 9.17) is 10.5 Å². The first-order valence-electron chi connectivity index (χ1n) is 19.8. The van der Waals surface area contributed by atoms with E-state index in [-0.39, 0.29) is 18.0 Å². The number of amides is 1. The van der Waals surface area contributed by atoms with Crippen molar-refractivity contribution in [2.24, 2.45) is 5.73 Å². The van der Waals surface area contributed by atoms with Crippen LogP contribution >= 0.6 is 0 Å². The summed E-state index contributed by atoms with van der Waals surface area (Å²) in [6.45, 7) is 4.76. The van der Waals surface area contributed by atoms with Gasteiger partial charge in [0.15, 0.2) is 0 Å². The molecule has 7 nitrogen and oxygen atoms in total. The van der Waals surface area contributed by atoms with Gasteiger partial charge in [-0.2, -0.15) is 0 Å². The molecule has 0 radical (unpaired) electrons. The zero-order chi connectivity index (χ0) is 36.8. The summed E-state index contributed by atoms with van der Waals surface area (Å²) in [7, 11) is 0. The van der Waals surface area contributed by atoms with E-state index in [1.807, 2.05) is 6.08 Å². The molecule has 4 N–H and O–H groups in total. The van der Waals surface area contributed by atoms with Gasteiger partial charge in [0.1, 0.15) is 12.1 Å². The lowest BCUT2D eigenvalue weighted by atomic mass is 10.1. The molecule has 284 valence electrons. The molecule has 0 aromatic heterocycles. The Morgan fingerprint density at radius 1 is 0.620 bits per heavy atom. The summed E-state index contributed by atoms with van der Waals surface area (Å²) >= 11 is 0. The van der Waals surface area contributed by atoms with E-state index in [0.29, 0.717) is 38.6 Å².